The average molecular weight is 324 g/mol. The van der Waals surface area contributed by atoms with E-state index in [2.05, 4.69) is 41.9 Å². The van der Waals surface area contributed by atoms with Crippen LogP contribution in [0, 0.1) is 6.92 Å². The second kappa shape index (κ2) is 7.40. The SMILES string of the molecule is Cc1ccc(-c2nc(CNc3ccc(CCO)cc3)cs2)cc1. The number of aliphatic hydroxyl groups excluding tert-OH is 1. The van der Waals surface area contributed by atoms with E-state index in [1.54, 1.807) is 11.3 Å². The van der Waals surface area contributed by atoms with Crippen molar-refractivity contribution in [3.05, 3.63) is 70.7 Å². The first-order chi connectivity index (χ1) is 11.2. The maximum atomic E-state index is 8.93. The van der Waals surface area contributed by atoms with E-state index < -0.39 is 0 Å². The molecule has 3 nitrogen and oxygen atoms in total. The zero-order chi connectivity index (χ0) is 16.1. The lowest BCUT2D eigenvalue weighted by Gasteiger charge is -2.05. The van der Waals surface area contributed by atoms with Crippen molar-refractivity contribution < 1.29 is 5.11 Å². The van der Waals surface area contributed by atoms with Crippen LogP contribution in [0.25, 0.3) is 10.6 Å². The minimum atomic E-state index is 0.188. The van der Waals surface area contributed by atoms with Crippen LogP contribution < -0.4 is 5.32 Å². The summed E-state index contributed by atoms with van der Waals surface area (Å²) in [6.07, 6.45) is 0.701. The molecule has 1 heterocycles. The zero-order valence-electron chi connectivity index (χ0n) is 13.1. The van der Waals surface area contributed by atoms with Gasteiger partial charge < -0.3 is 10.4 Å². The molecule has 0 aliphatic rings. The first-order valence-corrected chi connectivity index (χ1v) is 8.57. The Balaban J connectivity index is 1.61. The van der Waals surface area contributed by atoms with Crippen molar-refractivity contribution in [2.45, 2.75) is 19.9 Å². The van der Waals surface area contributed by atoms with Crippen molar-refractivity contribution in [3.8, 4) is 10.6 Å². The van der Waals surface area contributed by atoms with Gasteiger partial charge in [-0.3, -0.25) is 0 Å². The predicted molar refractivity (Wildman–Crippen MR) is 96.8 cm³/mol. The van der Waals surface area contributed by atoms with Crippen LogP contribution in [0.3, 0.4) is 0 Å². The zero-order valence-corrected chi connectivity index (χ0v) is 13.9. The molecule has 0 aliphatic carbocycles. The standard InChI is InChI=1S/C19H20N2OS/c1-14-2-6-16(7-3-14)19-21-18(13-23-19)12-20-17-8-4-15(5-9-17)10-11-22/h2-9,13,20,22H,10-12H2,1H3. The summed E-state index contributed by atoms with van der Waals surface area (Å²) < 4.78 is 0. The molecule has 0 saturated carbocycles. The monoisotopic (exact) mass is 324 g/mol. The molecule has 0 spiro atoms. The predicted octanol–water partition coefficient (Wildman–Crippen LogP) is 4.27. The van der Waals surface area contributed by atoms with Crippen LogP contribution in [-0.4, -0.2) is 16.7 Å². The van der Waals surface area contributed by atoms with Gasteiger partial charge in [-0.05, 0) is 31.0 Å². The van der Waals surface area contributed by atoms with E-state index in [0.29, 0.717) is 13.0 Å². The molecule has 1 aromatic heterocycles. The third kappa shape index (κ3) is 4.18. The molecule has 118 valence electrons. The first kappa shape index (κ1) is 15.7. The summed E-state index contributed by atoms with van der Waals surface area (Å²) in [6, 6.07) is 16.6. The molecule has 0 saturated heterocycles. The van der Waals surface area contributed by atoms with Crippen LogP contribution in [0.1, 0.15) is 16.8 Å². The summed E-state index contributed by atoms with van der Waals surface area (Å²) in [4.78, 5) is 4.70. The molecule has 2 N–H and O–H groups in total. The lowest BCUT2D eigenvalue weighted by molar-refractivity contribution is 0.299. The van der Waals surface area contributed by atoms with E-state index in [4.69, 9.17) is 10.1 Å². The molecule has 0 radical (unpaired) electrons. The molecule has 0 unspecified atom stereocenters. The van der Waals surface area contributed by atoms with Gasteiger partial charge in [0.1, 0.15) is 5.01 Å². The van der Waals surface area contributed by atoms with Gasteiger partial charge in [-0.2, -0.15) is 0 Å². The lowest BCUT2D eigenvalue weighted by atomic mass is 10.1. The number of benzene rings is 2. The Labute approximate surface area is 140 Å². The maximum Gasteiger partial charge on any atom is 0.123 e. The van der Waals surface area contributed by atoms with E-state index in [9.17, 15) is 0 Å². The van der Waals surface area contributed by atoms with Gasteiger partial charge in [0, 0.05) is 23.2 Å². The molecule has 4 heteroatoms. The highest BCUT2D eigenvalue weighted by atomic mass is 32.1. The highest BCUT2D eigenvalue weighted by molar-refractivity contribution is 7.13. The quantitative estimate of drug-likeness (QED) is 0.712. The van der Waals surface area contributed by atoms with Crippen molar-refractivity contribution in [2.24, 2.45) is 0 Å². The van der Waals surface area contributed by atoms with Gasteiger partial charge in [0.25, 0.3) is 0 Å². The summed E-state index contributed by atoms with van der Waals surface area (Å²) >= 11 is 1.67. The molecule has 23 heavy (non-hydrogen) atoms. The van der Waals surface area contributed by atoms with Crippen LogP contribution >= 0.6 is 11.3 Å². The Morgan fingerprint density at radius 2 is 1.78 bits per heavy atom. The van der Waals surface area contributed by atoms with Crippen LogP contribution in [0.4, 0.5) is 5.69 Å². The van der Waals surface area contributed by atoms with Gasteiger partial charge >= 0.3 is 0 Å². The number of nitrogens with one attached hydrogen (secondary N) is 1. The van der Waals surface area contributed by atoms with E-state index >= 15 is 0 Å². The largest absolute Gasteiger partial charge is 0.396 e. The maximum absolute atomic E-state index is 8.93. The first-order valence-electron chi connectivity index (χ1n) is 7.70. The number of anilines is 1. The molecule has 0 bridgehead atoms. The second-order valence-electron chi connectivity index (χ2n) is 5.53. The highest BCUT2D eigenvalue weighted by Gasteiger charge is 2.04. The number of hydrogen-bond donors (Lipinski definition) is 2. The van der Waals surface area contributed by atoms with Crippen molar-refractivity contribution in [1.82, 2.24) is 4.98 Å². The second-order valence-corrected chi connectivity index (χ2v) is 6.39. The number of aryl methyl sites for hydroxylation is 1. The normalized spacial score (nSPS) is 10.7. The molecular formula is C19H20N2OS. The van der Waals surface area contributed by atoms with E-state index in [0.717, 1.165) is 22.0 Å². The molecule has 0 atom stereocenters. The Morgan fingerprint density at radius 1 is 1.04 bits per heavy atom. The fraction of sp³-hybridized carbons (Fsp3) is 0.211. The van der Waals surface area contributed by atoms with Crippen molar-refractivity contribution in [3.63, 3.8) is 0 Å². The Hall–Kier alpha value is -2.17. The van der Waals surface area contributed by atoms with Gasteiger partial charge in [-0.25, -0.2) is 4.98 Å². The molecule has 3 aromatic rings. The molecular weight excluding hydrogens is 304 g/mol. The van der Waals surface area contributed by atoms with E-state index in [1.807, 2.05) is 24.3 Å². The number of aliphatic hydroxyl groups is 1. The topological polar surface area (TPSA) is 45.2 Å². The van der Waals surface area contributed by atoms with Gasteiger partial charge in [-0.15, -0.1) is 11.3 Å². The van der Waals surface area contributed by atoms with Crippen LogP contribution in [0.2, 0.25) is 0 Å². The van der Waals surface area contributed by atoms with Gasteiger partial charge in [0.2, 0.25) is 0 Å². The van der Waals surface area contributed by atoms with Gasteiger partial charge in [0.15, 0.2) is 0 Å². The summed E-state index contributed by atoms with van der Waals surface area (Å²) in [5, 5.41) is 15.5. The third-order valence-corrected chi connectivity index (χ3v) is 4.62. The average Bonchev–Trinajstić information content (AvgIpc) is 3.04. The van der Waals surface area contributed by atoms with E-state index in [1.165, 1.54) is 11.1 Å². The number of hydrogen-bond acceptors (Lipinski definition) is 4. The van der Waals surface area contributed by atoms with Crippen LogP contribution in [0.5, 0.6) is 0 Å². The van der Waals surface area contributed by atoms with Gasteiger partial charge in [0.05, 0.1) is 12.2 Å². The van der Waals surface area contributed by atoms with Crippen molar-refractivity contribution >= 4 is 17.0 Å². The number of nitrogens with zero attached hydrogens (tertiary/aromatic N) is 1. The molecule has 0 aliphatic heterocycles. The Kier molecular flexibility index (Phi) is 5.05. The van der Waals surface area contributed by atoms with Gasteiger partial charge in [-0.1, -0.05) is 42.0 Å². The number of aromatic nitrogens is 1. The minimum absolute atomic E-state index is 0.188. The summed E-state index contributed by atoms with van der Waals surface area (Å²) in [7, 11) is 0. The fourth-order valence-electron chi connectivity index (χ4n) is 2.33. The molecule has 2 aromatic carbocycles. The lowest BCUT2D eigenvalue weighted by Crippen LogP contribution is -2.00. The Morgan fingerprint density at radius 3 is 2.48 bits per heavy atom. The number of thiazole rings is 1. The fourth-order valence-corrected chi connectivity index (χ4v) is 3.15. The number of rotatable bonds is 6. The van der Waals surface area contributed by atoms with Crippen LogP contribution in [0.15, 0.2) is 53.9 Å². The highest BCUT2D eigenvalue weighted by Crippen LogP contribution is 2.24. The summed E-state index contributed by atoms with van der Waals surface area (Å²) in [5.74, 6) is 0. The van der Waals surface area contributed by atoms with Crippen molar-refractivity contribution in [2.75, 3.05) is 11.9 Å². The molecule has 0 fully saturated rings. The summed E-state index contributed by atoms with van der Waals surface area (Å²) in [6.45, 7) is 2.99. The Bertz CT molecular complexity index is 748. The van der Waals surface area contributed by atoms with Crippen molar-refractivity contribution in [1.29, 1.82) is 0 Å². The smallest absolute Gasteiger partial charge is 0.123 e. The summed E-state index contributed by atoms with van der Waals surface area (Å²) in [5.41, 5.74) is 5.69. The molecule has 0 amide bonds. The van der Waals surface area contributed by atoms with Crippen LogP contribution in [-0.2, 0) is 13.0 Å². The van der Waals surface area contributed by atoms with E-state index in [-0.39, 0.29) is 6.61 Å². The third-order valence-electron chi connectivity index (χ3n) is 3.68. The minimum Gasteiger partial charge on any atom is -0.396 e. The molecule has 3 rings (SSSR count).